The molecule has 0 aromatic carbocycles. The van der Waals surface area contributed by atoms with Gasteiger partial charge in [-0.25, -0.2) is 9.48 Å². The molecule has 2 aromatic heterocycles. The summed E-state index contributed by atoms with van der Waals surface area (Å²) in [4.78, 5) is 24.8. The number of aliphatic hydroxyl groups excluding tert-OH is 4. The van der Waals surface area contributed by atoms with E-state index in [1.807, 2.05) is 0 Å². The van der Waals surface area contributed by atoms with E-state index < -0.39 is 60.8 Å². The summed E-state index contributed by atoms with van der Waals surface area (Å²) in [5, 5.41) is 62.3. The molecule has 2 amide bonds. The van der Waals surface area contributed by atoms with Crippen molar-refractivity contribution < 1.29 is 39.5 Å². The monoisotopic (exact) mass is 780 g/mol. The lowest BCUT2D eigenvalue weighted by molar-refractivity contribution is -0.127. The van der Waals surface area contributed by atoms with Gasteiger partial charge in [-0.2, -0.15) is 4.68 Å². The molecule has 0 saturated heterocycles. The first-order valence-electron chi connectivity index (χ1n) is 19.8. The number of unbranched alkanes of at least 4 members (excludes halogenated alkanes) is 7. The van der Waals surface area contributed by atoms with E-state index in [0.29, 0.717) is 70.5 Å². The number of nitrogens with one attached hydrogen (secondary N) is 2. The van der Waals surface area contributed by atoms with Crippen LogP contribution in [0.15, 0.2) is 12.4 Å². The van der Waals surface area contributed by atoms with Crippen LogP contribution >= 0.6 is 0 Å². The van der Waals surface area contributed by atoms with Crippen LogP contribution in [0.2, 0.25) is 0 Å². The molecule has 2 aliphatic rings. The lowest BCUT2D eigenvalue weighted by atomic mass is 9.85. The average Bonchev–Trinajstić information content (AvgIpc) is 3.82. The summed E-state index contributed by atoms with van der Waals surface area (Å²) in [6.45, 7) is 1.88. The van der Waals surface area contributed by atoms with E-state index in [4.69, 9.17) is 32.4 Å². The molecule has 55 heavy (non-hydrogen) atoms. The maximum atomic E-state index is 12.4. The fourth-order valence-electron chi connectivity index (χ4n) is 7.03. The number of amides is 2. The van der Waals surface area contributed by atoms with E-state index >= 15 is 0 Å². The van der Waals surface area contributed by atoms with Crippen molar-refractivity contribution in [3.05, 3.63) is 23.8 Å². The third-order valence-corrected chi connectivity index (χ3v) is 10.3. The zero-order valence-corrected chi connectivity index (χ0v) is 31.8. The van der Waals surface area contributed by atoms with Crippen molar-refractivity contribution >= 4 is 11.9 Å². The Kier molecular flexibility index (Phi) is 18.7. The maximum Gasteiger partial charge on any atom is 0.343 e. The molecule has 2 heterocycles. The number of ether oxygens (including phenoxy) is 2. The molecular weight excluding hydrogens is 716 g/mol. The molecule has 20 nitrogen and oxygen atoms in total. The van der Waals surface area contributed by atoms with Crippen LogP contribution in [0.4, 0.5) is 4.79 Å². The summed E-state index contributed by atoms with van der Waals surface area (Å²) in [5.41, 5.74) is 25.0. The quantitative estimate of drug-likeness (QED) is 0.0524. The highest BCUT2D eigenvalue weighted by molar-refractivity contribution is 5.75. The minimum atomic E-state index is -1.13. The molecule has 10 atom stereocenters. The number of carbonyl (C=O) groups excluding carboxylic acids is 2. The number of nitrogens with two attached hydrogens (primary N) is 4. The van der Waals surface area contributed by atoms with Crippen molar-refractivity contribution in [2.75, 3.05) is 26.3 Å². The normalized spacial score (nSPS) is 28.3. The SMILES string of the molecule is N[C@@H]1C[C@H](N)[C@@H](OCCCc2cn(CC(=O)NCCCCCCCCCCNC(=O)n3cc(CCCOC4[C@@H](N)C[C@@H](N)[C@H](O)[C@H]4O)nn3)nn2)[C@H](O)[C@H]1O. The first kappa shape index (κ1) is 44.5. The molecule has 0 aliphatic heterocycles. The third-order valence-electron chi connectivity index (χ3n) is 10.3. The minimum absolute atomic E-state index is 0.0921. The van der Waals surface area contributed by atoms with Gasteiger partial charge in [0.15, 0.2) is 0 Å². The first-order chi connectivity index (χ1) is 26.4. The first-order valence-corrected chi connectivity index (χ1v) is 19.8. The Morgan fingerprint density at radius 1 is 0.636 bits per heavy atom. The van der Waals surface area contributed by atoms with Gasteiger partial charge >= 0.3 is 6.03 Å². The van der Waals surface area contributed by atoms with Gasteiger partial charge in [0.1, 0.15) is 31.0 Å². The van der Waals surface area contributed by atoms with Gasteiger partial charge in [-0.3, -0.25) is 4.79 Å². The highest BCUT2D eigenvalue weighted by Gasteiger charge is 2.42. The Balaban J connectivity index is 0.930. The van der Waals surface area contributed by atoms with E-state index in [0.717, 1.165) is 57.1 Å². The van der Waals surface area contributed by atoms with Crippen LogP contribution in [0.5, 0.6) is 0 Å². The molecular formula is C35H64N12O8. The molecule has 14 N–H and O–H groups in total. The maximum absolute atomic E-state index is 12.4. The Bertz CT molecular complexity index is 1420. The highest BCUT2D eigenvalue weighted by atomic mass is 16.5. The molecule has 0 bridgehead atoms. The molecule has 2 fully saturated rings. The summed E-state index contributed by atoms with van der Waals surface area (Å²) >= 11 is 0. The van der Waals surface area contributed by atoms with Crippen LogP contribution in [0.3, 0.4) is 0 Å². The fraction of sp³-hybridized carbons (Fsp3) is 0.829. The summed E-state index contributed by atoms with van der Waals surface area (Å²) in [7, 11) is 0. The number of aliphatic hydroxyl groups is 4. The number of aromatic nitrogens is 6. The molecule has 0 radical (unpaired) electrons. The summed E-state index contributed by atoms with van der Waals surface area (Å²) in [5.74, 6) is -0.120. The van der Waals surface area contributed by atoms with Crippen LogP contribution in [0.1, 0.15) is 88.4 Å². The molecule has 2 aliphatic carbocycles. The Labute approximate surface area is 322 Å². The van der Waals surface area contributed by atoms with Gasteiger partial charge in [0.25, 0.3) is 0 Å². The largest absolute Gasteiger partial charge is 0.389 e. The predicted octanol–water partition coefficient (Wildman–Crippen LogP) is -2.44. The van der Waals surface area contributed by atoms with Crippen LogP contribution < -0.4 is 33.6 Å². The predicted molar refractivity (Wildman–Crippen MR) is 200 cm³/mol. The smallest absolute Gasteiger partial charge is 0.343 e. The van der Waals surface area contributed by atoms with Gasteiger partial charge in [0.05, 0.1) is 29.8 Å². The van der Waals surface area contributed by atoms with E-state index in [1.165, 1.54) is 9.36 Å². The van der Waals surface area contributed by atoms with Crippen LogP contribution in [0, 0.1) is 0 Å². The van der Waals surface area contributed by atoms with Crippen molar-refractivity contribution in [1.29, 1.82) is 0 Å². The molecule has 312 valence electrons. The zero-order chi connectivity index (χ0) is 39.7. The Morgan fingerprint density at radius 2 is 1.11 bits per heavy atom. The third kappa shape index (κ3) is 14.4. The molecule has 20 heteroatoms. The molecule has 2 saturated carbocycles. The summed E-state index contributed by atoms with van der Waals surface area (Å²) < 4.78 is 14.2. The number of hydrogen-bond acceptors (Lipinski definition) is 16. The van der Waals surface area contributed by atoms with Crippen LogP contribution in [-0.4, -0.2) is 149 Å². The zero-order valence-electron chi connectivity index (χ0n) is 31.8. The van der Waals surface area contributed by atoms with Gasteiger partial charge in [-0.05, 0) is 51.4 Å². The summed E-state index contributed by atoms with van der Waals surface area (Å²) in [6, 6.07) is -2.38. The molecule has 4 rings (SSSR count). The number of aryl methyl sites for hydroxylation is 2. The summed E-state index contributed by atoms with van der Waals surface area (Å²) in [6.07, 6.45) is 8.86. The van der Waals surface area contributed by atoms with Gasteiger partial charge in [0.2, 0.25) is 5.91 Å². The highest BCUT2D eigenvalue weighted by Crippen LogP contribution is 2.22. The molecule has 2 aromatic rings. The second kappa shape index (κ2) is 23.1. The lowest BCUT2D eigenvalue weighted by Gasteiger charge is -2.39. The Morgan fingerprint density at radius 3 is 1.65 bits per heavy atom. The molecule has 0 spiro atoms. The number of carbonyl (C=O) groups is 2. The van der Waals surface area contributed by atoms with Gasteiger partial charge in [-0.1, -0.05) is 49.0 Å². The van der Waals surface area contributed by atoms with E-state index in [-0.39, 0.29) is 18.5 Å². The van der Waals surface area contributed by atoms with Crippen LogP contribution in [0.25, 0.3) is 0 Å². The van der Waals surface area contributed by atoms with Crippen LogP contribution in [-0.2, 0) is 33.7 Å². The topological polar surface area (TPSA) is 323 Å². The van der Waals surface area contributed by atoms with Crippen molar-refractivity contribution in [3.8, 4) is 0 Å². The number of nitrogens with zero attached hydrogens (tertiary/aromatic N) is 6. The number of rotatable bonds is 23. The van der Waals surface area contributed by atoms with Crippen molar-refractivity contribution in [2.24, 2.45) is 22.9 Å². The van der Waals surface area contributed by atoms with Crippen molar-refractivity contribution in [2.45, 2.75) is 157 Å². The van der Waals surface area contributed by atoms with Crippen molar-refractivity contribution in [3.63, 3.8) is 0 Å². The van der Waals surface area contributed by atoms with Gasteiger partial charge in [0, 0.05) is 56.7 Å². The Hall–Kier alpha value is -3.18. The second-order valence-electron chi connectivity index (χ2n) is 14.9. The standard InChI is InChI=1S/C35H64N12O8/c36-24-17-26(38)33(31(51)29(24)49)54-15-9-11-22-19-46(44-42-22)21-28(48)40-13-7-5-3-1-2-4-6-8-14-41-35(53)47-20-23(43-45-47)12-10-16-55-34-27(39)18-25(37)30(50)32(34)52/h19-20,24-27,29-34,49-52H,1-18,21,36-39H2,(H,40,48)(H,41,53)/t24-,25-,26+,27+,29+,30+,31-,32-,33-,34?/m1/s1. The van der Waals surface area contributed by atoms with Gasteiger partial charge < -0.3 is 63.5 Å². The van der Waals surface area contributed by atoms with E-state index in [1.54, 1.807) is 12.4 Å². The van der Waals surface area contributed by atoms with Crippen molar-refractivity contribution in [1.82, 2.24) is 40.6 Å². The van der Waals surface area contributed by atoms with Gasteiger partial charge in [-0.15, -0.1) is 10.2 Å². The molecule has 1 unspecified atom stereocenters. The lowest BCUT2D eigenvalue weighted by Crippen LogP contribution is -2.62. The minimum Gasteiger partial charge on any atom is -0.389 e. The average molecular weight is 781 g/mol. The fourth-order valence-corrected chi connectivity index (χ4v) is 7.03. The second-order valence-corrected chi connectivity index (χ2v) is 14.9. The number of hydrogen-bond donors (Lipinski definition) is 10. The van der Waals surface area contributed by atoms with E-state index in [2.05, 4.69) is 31.3 Å². The van der Waals surface area contributed by atoms with E-state index in [9.17, 15) is 30.0 Å².